The molecule has 3 aromatic rings. The van der Waals surface area contributed by atoms with Crippen LogP contribution in [0.1, 0.15) is 11.1 Å². The zero-order valence-corrected chi connectivity index (χ0v) is 15.9. The van der Waals surface area contributed by atoms with Gasteiger partial charge in [-0.05, 0) is 29.3 Å². The second kappa shape index (κ2) is 7.65. The monoisotopic (exact) mass is 403 g/mol. The summed E-state index contributed by atoms with van der Waals surface area (Å²) in [5.41, 5.74) is 2.16. The van der Waals surface area contributed by atoms with Crippen molar-refractivity contribution in [2.24, 2.45) is 0 Å². The number of fused-ring (bicyclic) bond motifs is 1. The number of benzene rings is 2. The number of hydrogen-bond donors (Lipinski definition) is 1. The number of thioether (sulfide) groups is 1. The van der Waals surface area contributed by atoms with Gasteiger partial charge in [-0.25, -0.2) is 0 Å². The molecule has 1 aromatic heterocycles. The molecule has 0 saturated carbocycles. The van der Waals surface area contributed by atoms with Gasteiger partial charge in [0.1, 0.15) is 5.75 Å². The molecule has 1 atom stereocenters. The normalized spacial score (nSPS) is 15.3. The first-order valence-corrected chi connectivity index (χ1v) is 10.1. The summed E-state index contributed by atoms with van der Waals surface area (Å²) in [6, 6.07) is 15.5. The molecule has 0 bridgehead atoms. The first-order chi connectivity index (χ1) is 12.7. The Morgan fingerprint density at radius 1 is 1.27 bits per heavy atom. The first-order valence-electron chi connectivity index (χ1n) is 7.93. The van der Waals surface area contributed by atoms with Gasteiger partial charge in [-0.2, -0.15) is 0 Å². The lowest BCUT2D eigenvalue weighted by atomic mass is 10.1. The highest BCUT2D eigenvalue weighted by molar-refractivity contribution is 8.00. The van der Waals surface area contributed by atoms with Crippen molar-refractivity contribution in [3.05, 3.63) is 64.7 Å². The van der Waals surface area contributed by atoms with Crippen LogP contribution in [-0.2, 0) is 17.0 Å². The third-order valence-electron chi connectivity index (χ3n) is 3.83. The van der Waals surface area contributed by atoms with Crippen LogP contribution in [0.4, 0.5) is 5.13 Å². The number of ether oxygens (including phenoxy) is 1. The first kappa shape index (κ1) is 17.3. The lowest BCUT2D eigenvalue weighted by Crippen LogP contribution is -2.31. The molecule has 2 aromatic carbocycles. The van der Waals surface area contributed by atoms with Crippen LogP contribution in [0.25, 0.3) is 0 Å². The number of nitrogens with zero attached hydrogens (tertiary/aromatic N) is 2. The number of halogens is 1. The molecule has 2 heterocycles. The highest BCUT2D eigenvalue weighted by Gasteiger charge is 2.29. The minimum absolute atomic E-state index is 0.229. The third-order valence-corrected chi connectivity index (χ3v) is 6.11. The Balaban J connectivity index is 1.33. The lowest BCUT2D eigenvalue weighted by Gasteiger charge is -2.08. The van der Waals surface area contributed by atoms with Gasteiger partial charge in [-0.15, -0.1) is 10.2 Å². The molecule has 1 amide bonds. The molecule has 0 saturated heterocycles. The molecule has 0 spiro atoms. The molecule has 0 radical (unpaired) electrons. The molecule has 132 valence electrons. The summed E-state index contributed by atoms with van der Waals surface area (Å²) in [4.78, 5) is 12.4. The van der Waals surface area contributed by atoms with E-state index in [0.717, 1.165) is 15.7 Å². The summed E-state index contributed by atoms with van der Waals surface area (Å²) in [7, 11) is 0. The van der Waals surface area contributed by atoms with E-state index in [9.17, 15) is 4.79 Å². The third kappa shape index (κ3) is 4.00. The average Bonchev–Trinajstić information content (AvgIpc) is 3.27. The molecule has 8 heteroatoms. The van der Waals surface area contributed by atoms with E-state index in [-0.39, 0.29) is 5.91 Å². The molecular formula is C18H14ClN3O2S2. The summed E-state index contributed by atoms with van der Waals surface area (Å²) in [6.45, 7) is 0. The van der Waals surface area contributed by atoms with Crippen LogP contribution in [0.3, 0.4) is 0 Å². The van der Waals surface area contributed by atoms with Crippen LogP contribution >= 0.6 is 34.7 Å². The zero-order chi connectivity index (χ0) is 17.9. The number of rotatable bonds is 5. The molecule has 1 N–H and O–H groups in total. The van der Waals surface area contributed by atoms with Crippen LogP contribution in [0.5, 0.6) is 5.75 Å². The Kier molecular flexibility index (Phi) is 5.10. The van der Waals surface area contributed by atoms with E-state index in [1.54, 1.807) is 23.9 Å². The van der Waals surface area contributed by atoms with Gasteiger partial charge in [0.2, 0.25) is 5.13 Å². The highest BCUT2D eigenvalue weighted by atomic mass is 35.5. The van der Waals surface area contributed by atoms with Crippen LogP contribution in [-0.4, -0.2) is 22.2 Å². The molecular weight excluding hydrogens is 390 g/mol. The van der Waals surface area contributed by atoms with E-state index in [4.69, 9.17) is 16.3 Å². The van der Waals surface area contributed by atoms with Crippen molar-refractivity contribution in [1.82, 2.24) is 10.2 Å². The summed E-state index contributed by atoms with van der Waals surface area (Å²) < 4.78 is 6.50. The fourth-order valence-electron chi connectivity index (χ4n) is 2.59. The second-order valence-electron chi connectivity index (χ2n) is 5.70. The number of amides is 1. The minimum Gasteiger partial charge on any atom is -0.480 e. The average molecular weight is 404 g/mol. The van der Waals surface area contributed by atoms with Gasteiger partial charge in [0.15, 0.2) is 10.4 Å². The zero-order valence-electron chi connectivity index (χ0n) is 13.5. The second-order valence-corrected chi connectivity index (χ2v) is 8.34. The predicted molar refractivity (Wildman–Crippen MR) is 104 cm³/mol. The van der Waals surface area contributed by atoms with Gasteiger partial charge in [0, 0.05) is 17.2 Å². The van der Waals surface area contributed by atoms with Gasteiger partial charge >= 0.3 is 0 Å². The number of nitrogens with one attached hydrogen (secondary N) is 1. The van der Waals surface area contributed by atoms with Gasteiger partial charge in [0.25, 0.3) is 5.91 Å². The number of aromatic nitrogens is 2. The van der Waals surface area contributed by atoms with E-state index in [0.29, 0.717) is 22.3 Å². The summed E-state index contributed by atoms with van der Waals surface area (Å²) in [6.07, 6.45) is -0.0799. The van der Waals surface area contributed by atoms with Crippen LogP contribution in [0.15, 0.2) is 52.9 Å². The lowest BCUT2D eigenvalue weighted by molar-refractivity contribution is -0.122. The summed E-state index contributed by atoms with van der Waals surface area (Å²) in [5, 5.41) is 12.1. The fourth-order valence-corrected chi connectivity index (χ4v) is 4.49. The van der Waals surface area contributed by atoms with Crippen molar-refractivity contribution in [3.8, 4) is 5.75 Å². The number of carbonyl (C=O) groups excluding carboxylic acids is 1. The topological polar surface area (TPSA) is 64.1 Å². The van der Waals surface area contributed by atoms with Gasteiger partial charge in [-0.1, -0.05) is 65.0 Å². The maximum absolute atomic E-state index is 12.4. The molecule has 26 heavy (non-hydrogen) atoms. The Morgan fingerprint density at radius 3 is 2.96 bits per heavy atom. The fraction of sp³-hybridized carbons (Fsp3) is 0.167. The maximum Gasteiger partial charge on any atom is 0.267 e. The smallest absolute Gasteiger partial charge is 0.267 e. The van der Waals surface area contributed by atoms with E-state index in [1.165, 1.54) is 16.9 Å². The molecule has 0 fully saturated rings. The van der Waals surface area contributed by atoms with Gasteiger partial charge in [-0.3, -0.25) is 10.1 Å². The molecule has 4 rings (SSSR count). The van der Waals surface area contributed by atoms with Crippen molar-refractivity contribution in [1.29, 1.82) is 0 Å². The predicted octanol–water partition coefficient (Wildman–Crippen LogP) is 4.43. The number of anilines is 1. The number of hydrogen-bond acceptors (Lipinski definition) is 6. The standard InChI is InChI=1S/C18H14ClN3O2S2/c19-13-6-7-14-12(8-13)9-15(24-14)16(23)20-17-21-22-18(26-17)25-10-11-4-2-1-3-5-11/h1-8,15H,9-10H2,(H,20,21,23)/t15-/m1/s1. The van der Waals surface area contributed by atoms with Crippen molar-refractivity contribution in [2.45, 2.75) is 22.6 Å². The largest absolute Gasteiger partial charge is 0.480 e. The van der Waals surface area contributed by atoms with Crippen molar-refractivity contribution < 1.29 is 9.53 Å². The number of carbonyl (C=O) groups is 1. The van der Waals surface area contributed by atoms with E-state index in [1.807, 2.05) is 24.3 Å². The highest BCUT2D eigenvalue weighted by Crippen LogP contribution is 2.32. The van der Waals surface area contributed by atoms with Crippen molar-refractivity contribution in [2.75, 3.05) is 5.32 Å². The molecule has 1 aliphatic heterocycles. The van der Waals surface area contributed by atoms with Gasteiger partial charge < -0.3 is 4.74 Å². The van der Waals surface area contributed by atoms with Crippen molar-refractivity contribution >= 4 is 45.7 Å². The van der Waals surface area contributed by atoms with Crippen LogP contribution < -0.4 is 10.1 Å². The Morgan fingerprint density at radius 2 is 2.12 bits per heavy atom. The van der Waals surface area contributed by atoms with E-state index < -0.39 is 6.10 Å². The Labute approximate surface area is 163 Å². The summed E-state index contributed by atoms with van der Waals surface area (Å²) in [5.74, 6) is 1.28. The molecule has 0 aliphatic carbocycles. The maximum atomic E-state index is 12.4. The molecule has 5 nitrogen and oxygen atoms in total. The molecule has 1 aliphatic rings. The summed E-state index contributed by atoms with van der Waals surface area (Å²) >= 11 is 8.93. The van der Waals surface area contributed by atoms with Crippen LogP contribution in [0, 0.1) is 0 Å². The molecule has 0 unspecified atom stereocenters. The Bertz CT molecular complexity index is 933. The SMILES string of the molecule is O=C(Nc1nnc(SCc2ccccc2)s1)[C@H]1Cc2cc(Cl)ccc2O1. The minimum atomic E-state index is -0.576. The van der Waals surface area contributed by atoms with E-state index in [2.05, 4.69) is 27.6 Å². The van der Waals surface area contributed by atoms with E-state index >= 15 is 0 Å². The quantitative estimate of drug-likeness (QED) is 0.504. The van der Waals surface area contributed by atoms with Crippen molar-refractivity contribution in [3.63, 3.8) is 0 Å². The van der Waals surface area contributed by atoms with Crippen LogP contribution in [0.2, 0.25) is 5.02 Å². The Hall–Kier alpha value is -2.09. The van der Waals surface area contributed by atoms with Gasteiger partial charge in [0.05, 0.1) is 0 Å².